The van der Waals surface area contributed by atoms with Crippen molar-refractivity contribution in [3.8, 4) is 0 Å². The lowest BCUT2D eigenvalue weighted by Gasteiger charge is -2.37. The predicted molar refractivity (Wildman–Crippen MR) is 114 cm³/mol. The van der Waals surface area contributed by atoms with Crippen LogP contribution >= 0.6 is 0 Å². The van der Waals surface area contributed by atoms with Crippen molar-refractivity contribution in [1.29, 1.82) is 0 Å². The summed E-state index contributed by atoms with van der Waals surface area (Å²) in [7, 11) is 0. The van der Waals surface area contributed by atoms with E-state index in [1.54, 1.807) is 12.4 Å². The van der Waals surface area contributed by atoms with Crippen molar-refractivity contribution in [1.82, 2.24) is 30.8 Å². The number of piperazine rings is 1. The third-order valence-corrected chi connectivity index (χ3v) is 5.36. The van der Waals surface area contributed by atoms with Gasteiger partial charge in [-0.05, 0) is 36.6 Å². The second-order valence-electron chi connectivity index (χ2n) is 7.64. The fourth-order valence-corrected chi connectivity index (χ4v) is 4.06. The summed E-state index contributed by atoms with van der Waals surface area (Å²) in [5.41, 5.74) is 7.01. The number of aromatic nitrogens is 2. The highest BCUT2D eigenvalue weighted by Gasteiger charge is 2.21. The van der Waals surface area contributed by atoms with E-state index in [2.05, 4.69) is 69.1 Å². The van der Waals surface area contributed by atoms with E-state index >= 15 is 0 Å². The number of fused-ring (bicyclic) bond motifs is 1. The molecule has 3 heterocycles. The Balaban J connectivity index is 1.51. The second kappa shape index (κ2) is 8.61. The van der Waals surface area contributed by atoms with Crippen LogP contribution in [0.4, 0.5) is 0 Å². The first-order valence-electron chi connectivity index (χ1n) is 10.3. The molecule has 4 rings (SSSR count). The summed E-state index contributed by atoms with van der Waals surface area (Å²) in [4.78, 5) is 11.6. The first kappa shape index (κ1) is 18.7. The largest absolute Gasteiger partial charge is 0.386 e. The number of rotatable bonds is 6. The zero-order chi connectivity index (χ0) is 19.3. The fraction of sp³-hybridized carbons (Fsp3) is 0.455. The predicted octanol–water partition coefficient (Wildman–Crippen LogP) is 2.29. The minimum atomic E-state index is 0.515. The molecule has 2 aliphatic rings. The maximum Gasteiger partial charge on any atom is 0.0918 e. The van der Waals surface area contributed by atoms with Gasteiger partial charge in [-0.3, -0.25) is 9.97 Å². The first-order chi connectivity index (χ1) is 13.7. The Morgan fingerprint density at radius 1 is 1.25 bits per heavy atom. The van der Waals surface area contributed by atoms with Crippen LogP contribution in [0.2, 0.25) is 0 Å². The normalized spacial score (nSPS) is 19.8. The van der Waals surface area contributed by atoms with E-state index in [-0.39, 0.29) is 0 Å². The highest BCUT2D eigenvalue weighted by Crippen LogP contribution is 2.21. The number of aryl methyl sites for hydroxylation is 1. The zero-order valence-corrected chi connectivity index (χ0v) is 16.8. The Bertz CT molecular complexity index is 888. The van der Waals surface area contributed by atoms with Crippen molar-refractivity contribution in [3.63, 3.8) is 0 Å². The average molecular weight is 379 g/mol. The van der Waals surface area contributed by atoms with Crippen molar-refractivity contribution in [3.05, 3.63) is 59.3 Å². The average Bonchev–Trinajstić information content (AvgIpc) is 2.73. The van der Waals surface area contributed by atoms with E-state index in [0.29, 0.717) is 6.04 Å². The minimum Gasteiger partial charge on any atom is -0.386 e. The molecule has 0 spiro atoms. The van der Waals surface area contributed by atoms with Crippen LogP contribution in [0, 0.1) is 0 Å². The number of hydrogen-bond acceptors (Lipinski definition) is 6. The molecule has 2 aliphatic heterocycles. The topological polar surface area (TPSA) is 65.1 Å². The van der Waals surface area contributed by atoms with Gasteiger partial charge in [0.15, 0.2) is 0 Å². The van der Waals surface area contributed by atoms with E-state index in [0.717, 1.165) is 62.3 Å². The molecule has 0 bridgehead atoms. The lowest BCUT2D eigenvalue weighted by atomic mass is 10.0. The molecule has 0 amide bonds. The van der Waals surface area contributed by atoms with Crippen LogP contribution in [0.25, 0.3) is 11.0 Å². The second-order valence-corrected chi connectivity index (χ2v) is 7.64. The van der Waals surface area contributed by atoms with Gasteiger partial charge in [-0.2, -0.15) is 0 Å². The molecular formula is C22H30N6. The third-order valence-electron chi connectivity index (χ3n) is 5.36. The van der Waals surface area contributed by atoms with Crippen molar-refractivity contribution in [2.24, 2.45) is 0 Å². The highest BCUT2D eigenvalue weighted by molar-refractivity contribution is 5.78. The van der Waals surface area contributed by atoms with Gasteiger partial charge in [0.1, 0.15) is 0 Å². The molecule has 0 saturated carbocycles. The Labute approximate surface area is 167 Å². The Hall–Kier alpha value is -2.60. The molecule has 1 unspecified atom stereocenters. The van der Waals surface area contributed by atoms with E-state index < -0.39 is 0 Å². The van der Waals surface area contributed by atoms with E-state index in [4.69, 9.17) is 0 Å². The monoisotopic (exact) mass is 378 g/mol. The Kier molecular flexibility index (Phi) is 5.76. The van der Waals surface area contributed by atoms with Crippen molar-refractivity contribution >= 4 is 11.0 Å². The fourth-order valence-electron chi connectivity index (χ4n) is 4.06. The van der Waals surface area contributed by atoms with Crippen LogP contribution in [0.5, 0.6) is 0 Å². The van der Waals surface area contributed by atoms with Gasteiger partial charge >= 0.3 is 0 Å². The molecule has 1 fully saturated rings. The zero-order valence-electron chi connectivity index (χ0n) is 16.8. The van der Waals surface area contributed by atoms with Gasteiger partial charge < -0.3 is 20.9 Å². The molecule has 1 aromatic heterocycles. The van der Waals surface area contributed by atoms with Gasteiger partial charge in [-0.15, -0.1) is 0 Å². The Morgan fingerprint density at radius 3 is 3.00 bits per heavy atom. The maximum absolute atomic E-state index is 4.55. The smallest absolute Gasteiger partial charge is 0.0918 e. The lowest BCUT2D eigenvalue weighted by Crippen LogP contribution is -2.49. The van der Waals surface area contributed by atoms with E-state index in [1.165, 1.54) is 16.8 Å². The van der Waals surface area contributed by atoms with E-state index in [9.17, 15) is 0 Å². The van der Waals surface area contributed by atoms with Gasteiger partial charge in [0.25, 0.3) is 0 Å². The van der Waals surface area contributed by atoms with Gasteiger partial charge in [-0.1, -0.05) is 19.4 Å². The number of nitrogens with zero attached hydrogens (tertiary/aromatic N) is 3. The molecule has 0 aliphatic carbocycles. The number of nitrogens with one attached hydrogen (secondary N) is 3. The number of benzene rings is 1. The van der Waals surface area contributed by atoms with Crippen molar-refractivity contribution in [2.75, 3.05) is 26.2 Å². The summed E-state index contributed by atoms with van der Waals surface area (Å²) in [6, 6.07) is 4.95. The molecule has 1 saturated heterocycles. The van der Waals surface area contributed by atoms with Crippen LogP contribution in [0.3, 0.4) is 0 Å². The van der Waals surface area contributed by atoms with Crippen LogP contribution in [0.1, 0.15) is 31.4 Å². The third kappa shape index (κ3) is 4.12. The summed E-state index contributed by atoms with van der Waals surface area (Å²) in [5, 5.41) is 10.5. The van der Waals surface area contributed by atoms with Crippen molar-refractivity contribution < 1.29 is 0 Å². The summed E-state index contributed by atoms with van der Waals surface area (Å²) in [6.07, 6.45) is 10.1. The molecule has 2 aromatic rings. The van der Waals surface area contributed by atoms with Gasteiger partial charge in [0.05, 0.1) is 22.4 Å². The maximum atomic E-state index is 4.55. The Morgan fingerprint density at radius 2 is 2.14 bits per heavy atom. The summed E-state index contributed by atoms with van der Waals surface area (Å²) in [5.74, 6) is 0. The first-order valence-corrected chi connectivity index (χ1v) is 10.3. The number of hydrogen-bond donors (Lipinski definition) is 3. The van der Waals surface area contributed by atoms with Gasteiger partial charge in [0, 0.05) is 57.4 Å². The van der Waals surface area contributed by atoms with Gasteiger partial charge in [0.2, 0.25) is 0 Å². The molecule has 28 heavy (non-hydrogen) atoms. The van der Waals surface area contributed by atoms with Crippen LogP contribution in [-0.4, -0.2) is 47.1 Å². The minimum absolute atomic E-state index is 0.515. The van der Waals surface area contributed by atoms with Crippen LogP contribution < -0.4 is 16.0 Å². The molecule has 6 nitrogen and oxygen atoms in total. The molecule has 0 radical (unpaired) electrons. The van der Waals surface area contributed by atoms with Crippen molar-refractivity contribution in [2.45, 2.75) is 39.3 Å². The summed E-state index contributed by atoms with van der Waals surface area (Å²) in [6.45, 7) is 9.22. The molecular weight excluding hydrogens is 348 g/mol. The lowest BCUT2D eigenvalue weighted by molar-refractivity contribution is 0.256. The molecule has 148 valence electrons. The van der Waals surface area contributed by atoms with Gasteiger partial charge in [-0.25, -0.2) is 0 Å². The van der Waals surface area contributed by atoms with E-state index in [1.807, 2.05) is 0 Å². The highest BCUT2D eigenvalue weighted by atomic mass is 15.2. The molecule has 1 aromatic carbocycles. The quantitative estimate of drug-likeness (QED) is 0.717. The summed E-state index contributed by atoms with van der Waals surface area (Å²) < 4.78 is 0. The van der Waals surface area contributed by atoms with Crippen LogP contribution in [0.15, 0.2) is 48.2 Å². The van der Waals surface area contributed by atoms with Crippen LogP contribution in [-0.2, 0) is 13.0 Å². The summed E-state index contributed by atoms with van der Waals surface area (Å²) >= 11 is 0. The molecule has 6 heteroatoms. The standard InChI is InChI=1S/C22H30N6/c1-3-4-18-11-17(12-19-22(18)26-8-7-25-19)13-27-20-14-23-6-5-21(20)28-10-9-24-16(2)15-28/h5,7-8,11-12,14,16,23-24,27H,3-4,6,9-10,13,15H2,1-2H3. The number of dihydropyridines is 1. The molecule has 1 atom stereocenters. The molecule has 3 N–H and O–H groups in total. The SMILES string of the molecule is CCCc1cc(CNC2=CNCC=C2N2CCNC(C)C2)cc2nccnc12.